The first-order valence-corrected chi connectivity index (χ1v) is 16.8. The molecule has 0 bridgehead atoms. The Morgan fingerprint density at radius 1 is 0.327 bits per heavy atom. The molecule has 0 radical (unpaired) electrons. The summed E-state index contributed by atoms with van der Waals surface area (Å²) in [6.07, 6.45) is 0. The lowest BCUT2D eigenvalue weighted by atomic mass is 9.97. The van der Waals surface area contributed by atoms with Crippen molar-refractivity contribution in [2.45, 2.75) is 0 Å². The van der Waals surface area contributed by atoms with Gasteiger partial charge in [-0.15, -0.1) is 0 Å². The third-order valence-electron chi connectivity index (χ3n) is 9.94. The molecule has 0 aliphatic carbocycles. The van der Waals surface area contributed by atoms with Gasteiger partial charge in [-0.25, -0.2) is 4.98 Å². The number of imidazole rings is 1. The Labute approximate surface area is 284 Å². The van der Waals surface area contributed by atoms with Crippen LogP contribution in [0.4, 0.5) is 0 Å². The highest BCUT2D eigenvalue weighted by Crippen LogP contribution is 2.41. The minimum Gasteiger partial charge on any atom is -0.291 e. The zero-order valence-corrected chi connectivity index (χ0v) is 26.7. The molecule has 0 aliphatic heterocycles. The van der Waals surface area contributed by atoms with Crippen LogP contribution in [0.25, 0.3) is 93.6 Å². The highest BCUT2D eigenvalue weighted by molar-refractivity contribution is 6.14. The van der Waals surface area contributed by atoms with Crippen LogP contribution in [0.1, 0.15) is 0 Å². The molecule has 2 heteroatoms. The molecule has 0 fully saturated rings. The van der Waals surface area contributed by atoms with Crippen LogP contribution < -0.4 is 0 Å². The van der Waals surface area contributed by atoms with Crippen LogP contribution >= 0.6 is 0 Å². The number of nitrogens with zero attached hydrogens (tertiary/aromatic N) is 2. The van der Waals surface area contributed by atoms with Crippen molar-refractivity contribution in [2.75, 3.05) is 0 Å². The number of benzene rings is 8. The molecule has 2 nitrogen and oxygen atoms in total. The number of hydrogen-bond donors (Lipinski definition) is 0. The van der Waals surface area contributed by atoms with Gasteiger partial charge in [0.1, 0.15) is 5.65 Å². The summed E-state index contributed by atoms with van der Waals surface area (Å²) in [5.74, 6) is 0. The molecular weight excluding hydrogens is 593 g/mol. The maximum Gasteiger partial charge on any atom is 0.146 e. The second kappa shape index (κ2) is 11.0. The summed E-state index contributed by atoms with van der Waals surface area (Å²) in [6.45, 7) is 0. The van der Waals surface area contributed by atoms with Gasteiger partial charge in [0.05, 0.1) is 16.9 Å². The van der Waals surface area contributed by atoms with Crippen LogP contribution in [0.3, 0.4) is 0 Å². The second-order valence-corrected chi connectivity index (χ2v) is 12.8. The molecule has 0 saturated heterocycles. The minimum atomic E-state index is 0.964. The predicted molar refractivity (Wildman–Crippen MR) is 207 cm³/mol. The van der Waals surface area contributed by atoms with Gasteiger partial charge in [-0.05, 0) is 79.5 Å². The molecule has 0 saturated carbocycles. The van der Waals surface area contributed by atoms with Crippen molar-refractivity contribution in [3.05, 3.63) is 182 Å². The van der Waals surface area contributed by atoms with Crippen molar-refractivity contribution in [2.24, 2.45) is 0 Å². The van der Waals surface area contributed by atoms with E-state index in [0.717, 1.165) is 39.1 Å². The molecule has 2 aromatic heterocycles. The summed E-state index contributed by atoms with van der Waals surface area (Å²) < 4.78 is 2.39. The lowest BCUT2D eigenvalue weighted by molar-refractivity contribution is 1.27. The van der Waals surface area contributed by atoms with Crippen molar-refractivity contribution in [1.29, 1.82) is 0 Å². The van der Waals surface area contributed by atoms with Crippen LogP contribution in [-0.4, -0.2) is 9.38 Å². The first-order valence-electron chi connectivity index (χ1n) is 16.8. The molecule has 10 rings (SSSR count). The second-order valence-electron chi connectivity index (χ2n) is 12.8. The van der Waals surface area contributed by atoms with Crippen LogP contribution in [0.15, 0.2) is 182 Å². The summed E-state index contributed by atoms with van der Waals surface area (Å²) in [7, 11) is 0. The Kier molecular flexibility index (Phi) is 6.22. The van der Waals surface area contributed by atoms with E-state index in [4.69, 9.17) is 4.98 Å². The molecule has 0 unspecified atom stereocenters. The van der Waals surface area contributed by atoms with Crippen molar-refractivity contribution in [1.82, 2.24) is 9.38 Å². The van der Waals surface area contributed by atoms with E-state index in [1.165, 1.54) is 54.6 Å². The first kappa shape index (κ1) is 27.6. The topological polar surface area (TPSA) is 17.3 Å². The van der Waals surface area contributed by atoms with E-state index in [2.05, 4.69) is 186 Å². The van der Waals surface area contributed by atoms with E-state index in [0.29, 0.717) is 0 Å². The lowest BCUT2D eigenvalue weighted by Crippen LogP contribution is -1.95. The highest BCUT2D eigenvalue weighted by Gasteiger charge is 2.21. The zero-order chi connectivity index (χ0) is 32.3. The number of aromatic nitrogens is 2. The van der Waals surface area contributed by atoms with Crippen molar-refractivity contribution >= 4 is 48.9 Å². The third-order valence-corrected chi connectivity index (χ3v) is 9.94. The molecule has 228 valence electrons. The monoisotopic (exact) mass is 622 g/mol. The number of fused-ring (bicyclic) bond motifs is 8. The maximum absolute atomic E-state index is 5.54. The van der Waals surface area contributed by atoms with Crippen LogP contribution in [-0.2, 0) is 0 Å². The van der Waals surface area contributed by atoms with E-state index in [1.54, 1.807) is 0 Å². The largest absolute Gasteiger partial charge is 0.291 e. The molecule has 49 heavy (non-hydrogen) atoms. The van der Waals surface area contributed by atoms with Gasteiger partial charge in [0.25, 0.3) is 0 Å². The Hall–Kier alpha value is -6.51. The summed E-state index contributed by atoms with van der Waals surface area (Å²) in [5.41, 5.74) is 11.3. The van der Waals surface area contributed by atoms with Gasteiger partial charge in [0.15, 0.2) is 0 Å². The number of para-hydroxylation sites is 1. The van der Waals surface area contributed by atoms with Gasteiger partial charge in [0.2, 0.25) is 0 Å². The minimum absolute atomic E-state index is 0.964. The normalized spacial score (nSPS) is 11.7. The Bertz CT molecular complexity index is 2860. The quantitative estimate of drug-likeness (QED) is 0.179. The average Bonchev–Trinajstić information content (AvgIpc) is 3.59. The van der Waals surface area contributed by atoms with Gasteiger partial charge >= 0.3 is 0 Å². The Morgan fingerprint density at radius 3 is 1.59 bits per heavy atom. The number of pyridine rings is 1. The summed E-state index contributed by atoms with van der Waals surface area (Å²) in [6, 6.07) is 65.7. The van der Waals surface area contributed by atoms with E-state index >= 15 is 0 Å². The van der Waals surface area contributed by atoms with Gasteiger partial charge in [-0.2, -0.15) is 0 Å². The third kappa shape index (κ3) is 4.53. The van der Waals surface area contributed by atoms with Crippen molar-refractivity contribution in [3.63, 3.8) is 0 Å². The van der Waals surface area contributed by atoms with Crippen LogP contribution in [0, 0.1) is 0 Å². The van der Waals surface area contributed by atoms with Gasteiger partial charge in [0, 0.05) is 21.9 Å². The van der Waals surface area contributed by atoms with E-state index in [1.807, 2.05) is 0 Å². The molecule has 0 atom stereocenters. The smallest absolute Gasteiger partial charge is 0.146 e. The van der Waals surface area contributed by atoms with Gasteiger partial charge in [-0.1, -0.05) is 152 Å². The highest BCUT2D eigenvalue weighted by atomic mass is 15.0. The molecule has 0 N–H and O–H groups in total. The average molecular weight is 623 g/mol. The lowest BCUT2D eigenvalue weighted by Gasteiger charge is -2.13. The maximum atomic E-state index is 5.54. The summed E-state index contributed by atoms with van der Waals surface area (Å²) in [4.78, 5) is 5.54. The van der Waals surface area contributed by atoms with Crippen LogP contribution in [0.2, 0.25) is 0 Å². The van der Waals surface area contributed by atoms with Crippen molar-refractivity contribution in [3.8, 4) is 44.8 Å². The molecule has 0 spiro atoms. The molecule has 0 amide bonds. The molecule has 10 aromatic rings. The number of rotatable bonds is 4. The Morgan fingerprint density at radius 2 is 0.857 bits per heavy atom. The predicted octanol–water partition coefficient (Wildman–Crippen LogP) is 12.6. The summed E-state index contributed by atoms with van der Waals surface area (Å²) >= 11 is 0. The fourth-order valence-corrected chi connectivity index (χ4v) is 7.50. The number of hydrogen-bond acceptors (Lipinski definition) is 1. The standard InChI is InChI=1S/C47H30N2/c1-2-10-31(11-3-1)34-18-20-35(21-19-34)38-26-27-42-43(30-38)41-16-8-9-17-44(41)49-46(40-25-23-33-13-5-7-15-37(33)29-40)45(48-47(42)49)39-24-22-32-12-4-6-14-36(32)28-39/h1-30H. The van der Waals surface area contributed by atoms with E-state index in [-0.39, 0.29) is 0 Å². The molecule has 2 heterocycles. The van der Waals surface area contributed by atoms with E-state index in [9.17, 15) is 0 Å². The molecular formula is C47H30N2. The Balaban J connectivity index is 1.24. The summed E-state index contributed by atoms with van der Waals surface area (Å²) in [5, 5.41) is 8.42. The van der Waals surface area contributed by atoms with Gasteiger partial charge < -0.3 is 0 Å². The van der Waals surface area contributed by atoms with Gasteiger partial charge in [-0.3, -0.25) is 4.40 Å². The van der Waals surface area contributed by atoms with Crippen LogP contribution in [0.5, 0.6) is 0 Å². The fraction of sp³-hybridized carbons (Fsp3) is 0. The molecule has 8 aromatic carbocycles. The molecule has 0 aliphatic rings. The SMILES string of the molecule is c1ccc(-c2ccc(-c3ccc4c(c3)c3ccccc3n3c(-c5ccc6ccccc6c5)c(-c5ccc6ccccc6c5)nc43)cc2)cc1. The van der Waals surface area contributed by atoms with E-state index < -0.39 is 0 Å². The fourth-order valence-electron chi connectivity index (χ4n) is 7.50. The zero-order valence-electron chi connectivity index (χ0n) is 26.7. The van der Waals surface area contributed by atoms with Crippen molar-refractivity contribution < 1.29 is 0 Å². The first-order chi connectivity index (χ1) is 24.3.